The number of hydrogen-bond acceptors (Lipinski definition) is 4. The minimum Gasteiger partial charge on any atom is -0.481 e. The third-order valence-corrected chi connectivity index (χ3v) is 3.03. The number of carboxylic acids is 1. The van der Waals surface area contributed by atoms with Crippen molar-refractivity contribution < 1.29 is 14.7 Å². The number of thiazole rings is 1. The van der Waals surface area contributed by atoms with Gasteiger partial charge in [0, 0.05) is 13.6 Å². The Hall–Kier alpha value is -1.43. The minimum absolute atomic E-state index is 0.0392. The van der Waals surface area contributed by atoms with Crippen molar-refractivity contribution in [2.24, 2.45) is 0 Å². The van der Waals surface area contributed by atoms with E-state index in [0.29, 0.717) is 11.3 Å². The van der Waals surface area contributed by atoms with Crippen LogP contribution in [0.4, 0.5) is 0 Å². The number of nitrogens with zero attached hydrogens (tertiary/aromatic N) is 2. The maximum Gasteiger partial charge on any atom is 0.305 e. The van der Waals surface area contributed by atoms with Crippen LogP contribution in [0.1, 0.15) is 28.7 Å². The van der Waals surface area contributed by atoms with Crippen LogP contribution in [-0.4, -0.2) is 40.5 Å². The first-order valence-corrected chi connectivity index (χ1v) is 5.83. The second-order valence-corrected chi connectivity index (χ2v) is 4.21. The van der Waals surface area contributed by atoms with Crippen LogP contribution in [0.25, 0.3) is 0 Å². The zero-order valence-corrected chi connectivity index (χ0v) is 10.1. The van der Waals surface area contributed by atoms with Gasteiger partial charge >= 0.3 is 5.97 Å². The van der Waals surface area contributed by atoms with E-state index in [0.717, 1.165) is 5.69 Å². The molecule has 0 saturated carbocycles. The molecule has 0 saturated heterocycles. The molecule has 1 aromatic rings. The number of rotatable bonds is 5. The van der Waals surface area contributed by atoms with Crippen LogP contribution in [-0.2, 0) is 11.2 Å². The Labute approximate surface area is 97.7 Å². The van der Waals surface area contributed by atoms with Crippen LogP contribution in [0.5, 0.6) is 0 Å². The predicted octanol–water partition coefficient (Wildman–Crippen LogP) is 1.25. The topological polar surface area (TPSA) is 70.5 Å². The van der Waals surface area contributed by atoms with E-state index in [2.05, 4.69) is 4.98 Å². The molecule has 1 rings (SSSR count). The lowest BCUT2D eigenvalue weighted by atomic mass is 10.2. The molecule has 1 amide bonds. The monoisotopic (exact) mass is 242 g/mol. The van der Waals surface area contributed by atoms with Gasteiger partial charge in [-0.05, 0) is 6.42 Å². The highest BCUT2D eigenvalue weighted by molar-refractivity contribution is 7.11. The van der Waals surface area contributed by atoms with E-state index in [1.54, 1.807) is 12.6 Å². The van der Waals surface area contributed by atoms with E-state index < -0.39 is 5.97 Å². The van der Waals surface area contributed by atoms with E-state index >= 15 is 0 Å². The SMILES string of the molecule is CCc1ncsc1C(=O)N(C)CCC(=O)O. The summed E-state index contributed by atoms with van der Waals surface area (Å²) in [5.41, 5.74) is 2.41. The van der Waals surface area contributed by atoms with Gasteiger partial charge in [0.2, 0.25) is 0 Å². The molecule has 0 spiro atoms. The standard InChI is InChI=1S/C10H14N2O3S/c1-3-7-9(16-6-11-7)10(15)12(2)5-4-8(13)14/h6H,3-5H2,1-2H3,(H,13,14). The summed E-state index contributed by atoms with van der Waals surface area (Å²) in [5.74, 6) is -1.06. The number of amides is 1. The smallest absolute Gasteiger partial charge is 0.305 e. The van der Waals surface area contributed by atoms with Gasteiger partial charge in [-0.2, -0.15) is 0 Å². The summed E-state index contributed by atoms with van der Waals surface area (Å²) in [6, 6.07) is 0. The average Bonchev–Trinajstić information content (AvgIpc) is 2.72. The van der Waals surface area contributed by atoms with Crippen LogP contribution >= 0.6 is 11.3 Å². The Kier molecular flexibility index (Phi) is 4.42. The summed E-state index contributed by atoms with van der Waals surface area (Å²) in [4.78, 5) is 28.4. The molecular formula is C10H14N2O3S. The van der Waals surface area contributed by atoms with Crippen molar-refractivity contribution in [1.29, 1.82) is 0 Å². The molecular weight excluding hydrogens is 228 g/mol. The number of aryl methyl sites for hydroxylation is 1. The highest BCUT2D eigenvalue weighted by atomic mass is 32.1. The fourth-order valence-electron chi connectivity index (χ4n) is 1.23. The quantitative estimate of drug-likeness (QED) is 0.843. The van der Waals surface area contributed by atoms with Crippen molar-refractivity contribution in [1.82, 2.24) is 9.88 Å². The molecule has 88 valence electrons. The molecule has 0 atom stereocenters. The third-order valence-electron chi connectivity index (χ3n) is 2.18. The Balaban J connectivity index is 2.66. The van der Waals surface area contributed by atoms with Crippen LogP contribution in [0.15, 0.2) is 5.51 Å². The number of hydrogen-bond donors (Lipinski definition) is 1. The second-order valence-electron chi connectivity index (χ2n) is 3.35. The Morgan fingerprint density at radius 2 is 2.25 bits per heavy atom. The summed E-state index contributed by atoms with van der Waals surface area (Å²) in [7, 11) is 1.60. The van der Waals surface area contributed by atoms with Gasteiger partial charge in [-0.15, -0.1) is 11.3 Å². The Morgan fingerprint density at radius 1 is 1.56 bits per heavy atom. The second kappa shape index (κ2) is 5.60. The molecule has 1 heterocycles. The lowest BCUT2D eigenvalue weighted by Gasteiger charge is -2.15. The predicted molar refractivity (Wildman–Crippen MR) is 60.7 cm³/mol. The average molecular weight is 242 g/mol. The van der Waals surface area contributed by atoms with Gasteiger partial charge in [0.25, 0.3) is 5.91 Å². The fourth-order valence-corrected chi connectivity index (χ4v) is 2.11. The third kappa shape index (κ3) is 3.03. The fraction of sp³-hybridized carbons (Fsp3) is 0.500. The summed E-state index contributed by atoms with van der Waals surface area (Å²) in [6.07, 6.45) is 0.667. The van der Waals surface area contributed by atoms with E-state index in [1.165, 1.54) is 16.2 Å². The Bertz CT molecular complexity index is 389. The maximum absolute atomic E-state index is 11.9. The lowest BCUT2D eigenvalue weighted by Crippen LogP contribution is -2.29. The van der Waals surface area contributed by atoms with Crippen LogP contribution < -0.4 is 0 Å². The molecule has 0 bridgehead atoms. The summed E-state index contributed by atoms with van der Waals surface area (Å²) in [5, 5.41) is 8.53. The number of carbonyl (C=O) groups is 2. The van der Waals surface area contributed by atoms with Crippen molar-refractivity contribution in [3.05, 3.63) is 16.1 Å². The molecule has 0 aliphatic heterocycles. The van der Waals surface area contributed by atoms with Gasteiger partial charge in [-0.3, -0.25) is 9.59 Å². The van der Waals surface area contributed by atoms with Gasteiger partial charge in [0.05, 0.1) is 17.6 Å². The molecule has 0 fully saturated rings. The van der Waals surface area contributed by atoms with Gasteiger partial charge in [-0.25, -0.2) is 4.98 Å². The normalized spacial score (nSPS) is 10.1. The molecule has 0 aromatic carbocycles. The van der Waals surface area contributed by atoms with E-state index in [-0.39, 0.29) is 18.9 Å². The van der Waals surface area contributed by atoms with E-state index in [4.69, 9.17) is 5.11 Å². The molecule has 0 aliphatic rings. The highest BCUT2D eigenvalue weighted by Gasteiger charge is 2.17. The first kappa shape index (κ1) is 12.6. The van der Waals surface area contributed by atoms with Crippen molar-refractivity contribution >= 4 is 23.2 Å². The molecule has 1 aromatic heterocycles. The minimum atomic E-state index is -0.903. The number of carbonyl (C=O) groups excluding carboxylic acids is 1. The number of aliphatic carboxylic acids is 1. The van der Waals surface area contributed by atoms with Crippen molar-refractivity contribution in [2.75, 3.05) is 13.6 Å². The highest BCUT2D eigenvalue weighted by Crippen LogP contribution is 2.16. The molecule has 0 radical (unpaired) electrons. The Morgan fingerprint density at radius 3 is 2.81 bits per heavy atom. The van der Waals surface area contributed by atoms with Crippen molar-refractivity contribution in [3.63, 3.8) is 0 Å². The lowest BCUT2D eigenvalue weighted by molar-refractivity contribution is -0.137. The molecule has 0 aliphatic carbocycles. The van der Waals surface area contributed by atoms with Gasteiger partial charge in [0.1, 0.15) is 4.88 Å². The van der Waals surface area contributed by atoms with Crippen molar-refractivity contribution in [3.8, 4) is 0 Å². The molecule has 1 N–H and O–H groups in total. The zero-order valence-electron chi connectivity index (χ0n) is 9.27. The van der Waals surface area contributed by atoms with Gasteiger partial charge in [-0.1, -0.05) is 6.92 Å². The van der Waals surface area contributed by atoms with Gasteiger partial charge < -0.3 is 10.0 Å². The van der Waals surface area contributed by atoms with E-state index in [1.807, 2.05) is 6.92 Å². The van der Waals surface area contributed by atoms with Gasteiger partial charge in [0.15, 0.2) is 0 Å². The maximum atomic E-state index is 11.9. The number of aromatic nitrogens is 1. The number of carboxylic acid groups (broad SMARTS) is 1. The zero-order chi connectivity index (χ0) is 12.1. The molecule has 6 heteroatoms. The molecule has 16 heavy (non-hydrogen) atoms. The van der Waals surface area contributed by atoms with Crippen molar-refractivity contribution in [2.45, 2.75) is 19.8 Å². The molecule has 0 unspecified atom stereocenters. The summed E-state index contributed by atoms with van der Waals surface area (Å²) >= 11 is 1.30. The first-order valence-electron chi connectivity index (χ1n) is 4.95. The summed E-state index contributed by atoms with van der Waals surface area (Å²) in [6.45, 7) is 2.15. The summed E-state index contributed by atoms with van der Waals surface area (Å²) < 4.78 is 0. The van der Waals surface area contributed by atoms with Crippen LogP contribution in [0.3, 0.4) is 0 Å². The van der Waals surface area contributed by atoms with E-state index in [9.17, 15) is 9.59 Å². The molecule has 5 nitrogen and oxygen atoms in total. The van der Waals surface area contributed by atoms with Crippen LogP contribution in [0, 0.1) is 0 Å². The first-order chi connectivity index (χ1) is 7.56. The van der Waals surface area contributed by atoms with Crippen LogP contribution in [0.2, 0.25) is 0 Å². The largest absolute Gasteiger partial charge is 0.481 e.